The minimum Gasteiger partial charge on any atom is -0.351 e. The average Bonchev–Trinajstić information content (AvgIpc) is 3.11. The zero-order valence-electron chi connectivity index (χ0n) is 10.5. The van der Waals surface area contributed by atoms with E-state index in [0.29, 0.717) is 6.04 Å². The Hall–Kier alpha value is -1.29. The van der Waals surface area contributed by atoms with Crippen molar-refractivity contribution in [3.8, 4) is 0 Å². The number of carbonyl (C=O) groups is 1. The number of hydrogen-bond acceptors (Lipinski definition) is 1. The van der Waals surface area contributed by atoms with Gasteiger partial charge in [0, 0.05) is 28.0 Å². The third-order valence-corrected chi connectivity index (χ3v) is 4.98. The van der Waals surface area contributed by atoms with Crippen molar-refractivity contribution in [2.45, 2.75) is 25.3 Å². The number of piperidine rings is 1. The van der Waals surface area contributed by atoms with Gasteiger partial charge in [-0.05, 0) is 49.4 Å². The predicted octanol–water partition coefficient (Wildman–Crippen LogP) is 3.55. The minimum atomic E-state index is 0.166. The lowest BCUT2D eigenvalue weighted by Gasteiger charge is -2.26. The minimum absolute atomic E-state index is 0.166. The maximum absolute atomic E-state index is 12.6. The Labute approximate surface area is 120 Å². The van der Waals surface area contributed by atoms with E-state index in [1.54, 1.807) is 0 Å². The van der Waals surface area contributed by atoms with Crippen LogP contribution in [0.5, 0.6) is 0 Å². The van der Waals surface area contributed by atoms with Gasteiger partial charge in [0.05, 0.1) is 0 Å². The molecule has 2 aliphatic rings. The quantitative estimate of drug-likeness (QED) is 0.857. The van der Waals surface area contributed by atoms with E-state index < -0.39 is 0 Å². The Morgan fingerprint density at radius 2 is 2.21 bits per heavy atom. The molecule has 4 heteroatoms. The van der Waals surface area contributed by atoms with Crippen molar-refractivity contribution in [2.24, 2.45) is 5.92 Å². The van der Waals surface area contributed by atoms with Crippen LogP contribution in [-0.2, 0) is 0 Å². The summed E-state index contributed by atoms with van der Waals surface area (Å²) in [4.78, 5) is 17.9. The highest BCUT2D eigenvalue weighted by molar-refractivity contribution is 9.10. The van der Waals surface area contributed by atoms with Crippen LogP contribution < -0.4 is 0 Å². The third kappa shape index (κ3) is 1.81. The molecule has 2 fully saturated rings. The van der Waals surface area contributed by atoms with Gasteiger partial charge in [0.25, 0.3) is 5.91 Å². The highest BCUT2D eigenvalue weighted by atomic mass is 79.9. The van der Waals surface area contributed by atoms with E-state index >= 15 is 0 Å². The number of aromatic nitrogens is 1. The number of halogens is 1. The molecule has 1 saturated heterocycles. The van der Waals surface area contributed by atoms with E-state index in [4.69, 9.17) is 0 Å². The number of fused-ring (bicyclic) bond motifs is 3. The van der Waals surface area contributed by atoms with E-state index in [1.165, 1.54) is 19.3 Å². The van der Waals surface area contributed by atoms with E-state index in [9.17, 15) is 4.79 Å². The normalized spacial score (nSPS) is 25.4. The molecule has 4 rings (SSSR count). The first kappa shape index (κ1) is 11.5. The zero-order chi connectivity index (χ0) is 13.0. The number of nitrogens with one attached hydrogen (secondary N) is 1. The first-order valence-electron chi connectivity index (χ1n) is 6.80. The van der Waals surface area contributed by atoms with E-state index in [2.05, 4.69) is 25.8 Å². The largest absolute Gasteiger partial charge is 0.351 e. The molecule has 0 spiro atoms. The zero-order valence-corrected chi connectivity index (χ0v) is 12.1. The fraction of sp³-hybridized carbons (Fsp3) is 0.400. The van der Waals surface area contributed by atoms with Gasteiger partial charge in [-0.25, -0.2) is 0 Å². The van der Waals surface area contributed by atoms with E-state index in [0.717, 1.165) is 33.5 Å². The molecule has 2 atom stereocenters. The number of amides is 1. The highest BCUT2D eigenvalue weighted by Gasteiger charge is 2.40. The Morgan fingerprint density at radius 1 is 1.32 bits per heavy atom. The lowest BCUT2D eigenvalue weighted by atomic mass is 10.1. The molecule has 98 valence electrons. The van der Waals surface area contributed by atoms with Crippen LogP contribution in [0, 0.1) is 5.92 Å². The Bertz CT molecular complexity index is 663. The molecule has 1 aromatic heterocycles. The number of carbonyl (C=O) groups excluding carboxylic acids is 1. The van der Waals surface area contributed by atoms with Gasteiger partial charge < -0.3 is 9.88 Å². The van der Waals surface area contributed by atoms with Crippen molar-refractivity contribution in [1.29, 1.82) is 0 Å². The smallest absolute Gasteiger partial charge is 0.270 e. The van der Waals surface area contributed by atoms with E-state index in [1.807, 2.05) is 24.3 Å². The van der Waals surface area contributed by atoms with Crippen molar-refractivity contribution in [1.82, 2.24) is 9.88 Å². The second-order valence-corrected chi connectivity index (χ2v) is 6.62. The molecule has 3 nitrogen and oxygen atoms in total. The van der Waals surface area contributed by atoms with Gasteiger partial charge in [0.15, 0.2) is 0 Å². The van der Waals surface area contributed by atoms with Crippen LogP contribution in [0.4, 0.5) is 0 Å². The molecule has 1 aromatic carbocycles. The van der Waals surface area contributed by atoms with Crippen LogP contribution in [0.25, 0.3) is 10.9 Å². The van der Waals surface area contributed by atoms with Crippen molar-refractivity contribution >= 4 is 32.7 Å². The number of hydrogen-bond donors (Lipinski definition) is 1. The second kappa shape index (κ2) is 4.10. The van der Waals surface area contributed by atoms with Crippen LogP contribution in [-0.4, -0.2) is 28.4 Å². The van der Waals surface area contributed by atoms with Gasteiger partial charge >= 0.3 is 0 Å². The monoisotopic (exact) mass is 318 g/mol. The lowest BCUT2D eigenvalue weighted by Crippen LogP contribution is -2.37. The number of nitrogens with zero attached hydrogens (tertiary/aromatic N) is 1. The number of aromatic amines is 1. The lowest BCUT2D eigenvalue weighted by molar-refractivity contribution is 0.0698. The Kier molecular flexibility index (Phi) is 2.49. The first-order valence-corrected chi connectivity index (χ1v) is 7.59. The van der Waals surface area contributed by atoms with Gasteiger partial charge in [0.1, 0.15) is 5.69 Å². The van der Waals surface area contributed by atoms with Crippen molar-refractivity contribution < 1.29 is 4.79 Å². The van der Waals surface area contributed by atoms with Crippen LogP contribution in [0.3, 0.4) is 0 Å². The molecule has 2 unspecified atom stereocenters. The van der Waals surface area contributed by atoms with E-state index in [-0.39, 0.29) is 5.91 Å². The maximum Gasteiger partial charge on any atom is 0.270 e. The summed E-state index contributed by atoms with van der Waals surface area (Å²) in [6.45, 7) is 0.947. The van der Waals surface area contributed by atoms with Crippen LogP contribution in [0.1, 0.15) is 29.8 Å². The first-order chi connectivity index (χ1) is 9.20. The molecular formula is C15H15BrN2O. The van der Waals surface area contributed by atoms with Crippen molar-refractivity contribution in [3.63, 3.8) is 0 Å². The summed E-state index contributed by atoms with van der Waals surface area (Å²) in [6.07, 6.45) is 3.69. The SMILES string of the molecule is O=C(c1cc2cc(Br)ccc2[nH]1)N1CC2CCC1C2. The van der Waals surface area contributed by atoms with Crippen molar-refractivity contribution in [2.75, 3.05) is 6.54 Å². The third-order valence-electron chi connectivity index (χ3n) is 4.48. The molecule has 2 bridgehead atoms. The molecule has 1 aliphatic heterocycles. The molecule has 1 aliphatic carbocycles. The molecule has 1 saturated carbocycles. The Morgan fingerprint density at radius 3 is 2.95 bits per heavy atom. The average molecular weight is 319 g/mol. The summed E-state index contributed by atoms with van der Waals surface area (Å²) in [5, 5.41) is 1.09. The summed E-state index contributed by atoms with van der Waals surface area (Å²) < 4.78 is 1.04. The van der Waals surface area contributed by atoms with Gasteiger partial charge in [0.2, 0.25) is 0 Å². The van der Waals surface area contributed by atoms with Gasteiger partial charge in [-0.3, -0.25) is 4.79 Å². The summed E-state index contributed by atoms with van der Waals surface area (Å²) in [7, 11) is 0. The molecule has 2 aromatic rings. The molecule has 0 radical (unpaired) electrons. The van der Waals surface area contributed by atoms with Gasteiger partial charge in [-0.1, -0.05) is 15.9 Å². The van der Waals surface area contributed by atoms with Gasteiger partial charge in [-0.15, -0.1) is 0 Å². The second-order valence-electron chi connectivity index (χ2n) is 5.71. The van der Waals surface area contributed by atoms with Crippen LogP contribution in [0.15, 0.2) is 28.7 Å². The summed E-state index contributed by atoms with van der Waals surface area (Å²) in [5.74, 6) is 0.909. The number of benzene rings is 1. The number of rotatable bonds is 1. The molecule has 1 N–H and O–H groups in total. The fourth-order valence-electron chi connectivity index (χ4n) is 3.55. The molecule has 19 heavy (non-hydrogen) atoms. The van der Waals surface area contributed by atoms with Crippen LogP contribution >= 0.6 is 15.9 Å². The summed E-state index contributed by atoms with van der Waals surface area (Å²) in [6, 6.07) is 8.49. The summed E-state index contributed by atoms with van der Waals surface area (Å²) in [5.41, 5.74) is 1.75. The topological polar surface area (TPSA) is 36.1 Å². The molecular weight excluding hydrogens is 304 g/mol. The molecule has 2 heterocycles. The van der Waals surface area contributed by atoms with Crippen LogP contribution in [0.2, 0.25) is 0 Å². The number of H-pyrrole nitrogens is 1. The predicted molar refractivity (Wildman–Crippen MR) is 78.2 cm³/mol. The molecule has 1 amide bonds. The summed E-state index contributed by atoms with van der Waals surface area (Å²) >= 11 is 3.46. The maximum atomic E-state index is 12.6. The Balaban J connectivity index is 1.68. The fourth-order valence-corrected chi connectivity index (χ4v) is 3.93. The van der Waals surface area contributed by atoms with Crippen molar-refractivity contribution in [3.05, 3.63) is 34.4 Å². The highest BCUT2D eigenvalue weighted by Crippen LogP contribution is 2.38. The number of likely N-dealkylation sites (tertiary alicyclic amines) is 1. The van der Waals surface area contributed by atoms with Gasteiger partial charge in [-0.2, -0.15) is 0 Å². The standard InChI is InChI=1S/C15H15BrN2O/c16-11-2-4-13-10(6-11)7-14(17-13)15(19)18-8-9-1-3-12(18)5-9/h2,4,6-7,9,12,17H,1,3,5,8H2.